The second-order valence-corrected chi connectivity index (χ2v) is 6.54. The van der Waals surface area contributed by atoms with Gasteiger partial charge in [-0.2, -0.15) is 0 Å². The summed E-state index contributed by atoms with van der Waals surface area (Å²) in [6, 6.07) is 12.6. The van der Waals surface area contributed by atoms with E-state index < -0.39 is 15.8 Å². The van der Waals surface area contributed by atoms with Crippen LogP contribution in [0.2, 0.25) is 5.02 Å². The maximum absolute atomic E-state index is 13.4. The van der Waals surface area contributed by atoms with Crippen molar-refractivity contribution >= 4 is 21.6 Å². The van der Waals surface area contributed by atoms with Crippen molar-refractivity contribution in [1.82, 2.24) is 4.72 Å². The normalized spacial score (nSPS) is 11.5. The molecule has 0 amide bonds. The molecule has 0 atom stereocenters. The maximum Gasteiger partial charge on any atom is 0.216 e. The van der Waals surface area contributed by atoms with Crippen molar-refractivity contribution in [1.29, 1.82) is 0 Å². The van der Waals surface area contributed by atoms with Crippen LogP contribution in [-0.4, -0.2) is 8.42 Å². The standard InChI is InChI=1S/C14H13ClFNO2S/c15-13-7-5-11(6-8-13)9-17-20(18,19)10-12-3-1-2-4-14(12)16/h1-8,17H,9-10H2. The van der Waals surface area contributed by atoms with Crippen LogP contribution in [0.15, 0.2) is 48.5 Å². The number of hydrogen-bond acceptors (Lipinski definition) is 2. The molecule has 6 heteroatoms. The van der Waals surface area contributed by atoms with Crippen LogP contribution in [0.5, 0.6) is 0 Å². The summed E-state index contributed by atoms with van der Waals surface area (Å²) >= 11 is 5.75. The Bertz CT molecular complexity index is 687. The fourth-order valence-corrected chi connectivity index (χ4v) is 2.92. The number of rotatable bonds is 5. The van der Waals surface area contributed by atoms with Crippen molar-refractivity contribution in [3.63, 3.8) is 0 Å². The Hall–Kier alpha value is -1.43. The third-order valence-electron chi connectivity index (χ3n) is 2.71. The molecule has 0 saturated carbocycles. The molecule has 0 aliphatic rings. The Morgan fingerprint density at radius 3 is 2.35 bits per heavy atom. The highest BCUT2D eigenvalue weighted by Gasteiger charge is 2.13. The summed E-state index contributed by atoms with van der Waals surface area (Å²) in [5.74, 6) is -0.905. The highest BCUT2D eigenvalue weighted by atomic mass is 35.5. The lowest BCUT2D eigenvalue weighted by Gasteiger charge is -2.07. The van der Waals surface area contributed by atoms with Crippen LogP contribution in [0.1, 0.15) is 11.1 Å². The monoisotopic (exact) mass is 313 g/mol. The molecule has 2 aromatic carbocycles. The summed E-state index contributed by atoms with van der Waals surface area (Å²) in [7, 11) is -3.59. The van der Waals surface area contributed by atoms with E-state index in [1.54, 1.807) is 30.3 Å². The topological polar surface area (TPSA) is 46.2 Å². The SMILES string of the molecule is O=S(=O)(Cc1ccccc1F)NCc1ccc(Cl)cc1. The van der Waals surface area contributed by atoms with Crippen LogP contribution >= 0.6 is 11.6 Å². The van der Waals surface area contributed by atoms with Crippen LogP contribution in [0, 0.1) is 5.82 Å². The van der Waals surface area contributed by atoms with Gasteiger partial charge in [0, 0.05) is 17.1 Å². The Morgan fingerprint density at radius 1 is 1.05 bits per heavy atom. The second-order valence-electron chi connectivity index (χ2n) is 4.30. The smallest absolute Gasteiger partial charge is 0.212 e. The lowest BCUT2D eigenvalue weighted by molar-refractivity contribution is 0.574. The predicted molar refractivity (Wildman–Crippen MR) is 77.3 cm³/mol. The zero-order valence-electron chi connectivity index (χ0n) is 10.5. The molecule has 0 heterocycles. The molecule has 0 aliphatic heterocycles. The van der Waals surface area contributed by atoms with Crippen LogP contribution in [-0.2, 0) is 22.3 Å². The Kier molecular flexibility index (Phi) is 4.75. The zero-order valence-corrected chi connectivity index (χ0v) is 12.1. The Labute approximate surface area is 122 Å². The first-order valence-electron chi connectivity index (χ1n) is 5.91. The van der Waals surface area contributed by atoms with E-state index in [4.69, 9.17) is 11.6 Å². The molecule has 106 valence electrons. The summed E-state index contributed by atoms with van der Waals surface area (Å²) in [4.78, 5) is 0. The van der Waals surface area contributed by atoms with Crippen LogP contribution in [0.4, 0.5) is 4.39 Å². The average molecular weight is 314 g/mol. The number of halogens is 2. The molecule has 0 aliphatic carbocycles. The lowest BCUT2D eigenvalue weighted by Crippen LogP contribution is -2.25. The van der Waals surface area contributed by atoms with E-state index in [9.17, 15) is 12.8 Å². The van der Waals surface area contributed by atoms with Gasteiger partial charge in [0.1, 0.15) is 5.82 Å². The molecular formula is C14H13ClFNO2S. The first-order valence-corrected chi connectivity index (χ1v) is 7.94. The molecule has 20 heavy (non-hydrogen) atoms. The van der Waals surface area contributed by atoms with Crippen molar-refractivity contribution in [2.45, 2.75) is 12.3 Å². The van der Waals surface area contributed by atoms with Crippen LogP contribution < -0.4 is 4.72 Å². The third-order valence-corrected chi connectivity index (χ3v) is 4.24. The summed E-state index contributed by atoms with van der Waals surface area (Å²) < 4.78 is 39.6. The number of sulfonamides is 1. The first kappa shape index (κ1) is 15.0. The Balaban J connectivity index is 2.01. The molecule has 0 radical (unpaired) electrons. The third kappa shape index (κ3) is 4.30. The zero-order chi connectivity index (χ0) is 14.6. The van der Waals surface area contributed by atoms with Crippen molar-refractivity contribution in [2.75, 3.05) is 0 Å². The minimum Gasteiger partial charge on any atom is -0.212 e. The van der Waals surface area contributed by atoms with E-state index in [0.717, 1.165) is 5.56 Å². The van der Waals surface area contributed by atoms with Crippen molar-refractivity contribution in [2.24, 2.45) is 0 Å². The molecule has 0 saturated heterocycles. The van der Waals surface area contributed by atoms with Gasteiger partial charge in [-0.1, -0.05) is 41.9 Å². The van der Waals surface area contributed by atoms with Gasteiger partial charge in [-0.05, 0) is 23.8 Å². The molecule has 0 fully saturated rings. The molecule has 1 N–H and O–H groups in total. The van der Waals surface area contributed by atoms with E-state index in [1.807, 2.05) is 0 Å². The number of benzene rings is 2. The van der Waals surface area contributed by atoms with Gasteiger partial charge in [0.15, 0.2) is 0 Å². The van der Waals surface area contributed by atoms with Crippen molar-refractivity contribution < 1.29 is 12.8 Å². The van der Waals surface area contributed by atoms with Crippen molar-refractivity contribution in [3.05, 3.63) is 70.5 Å². The summed E-state index contributed by atoms with van der Waals surface area (Å²) in [6.07, 6.45) is 0. The highest BCUT2D eigenvalue weighted by molar-refractivity contribution is 7.88. The minimum atomic E-state index is -3.59. The van der Waals surface area contributed by atoms with E-state index in [2.05, 4.69) is 4.72 Å². The average Bonchev–Trinajstić information content (AvgIpc) is 2.41. The minimum absolute atomic E-state index is 0.147. The molecule has 3 nitrogen and oxygen atoms in total. The van der Waals surface area contributed by atoms with Gasteiger partial charge < -0.3 is 0 Å². The first-order chi connectivity index (χ1) is 9.46. The van der Waals surface area contributed by atoms with Gasteiger partial charge in [-0.3, -0.25) is 0 Å². The van der Waals surface area contributed by atoms with Gasteiger partial charge in [-0.25, -0.2) is 17.5 Å². The van der Waals surface area contributed by atoms with Gasteiger partial charge >= 0.3 is 0 Å². The van der Waals surface area contributed by atoms with Gasteiger partial charge in [0.25, 0.3) is 0 Å². The van der Waals surface area contributed by atoms with Crippen LogP contribution in [0.25, 0.3) is 0 Å². The second kappa shape index (κ2) is 6.35. The van der Waals surface area contributed by atoms with Crippen LogP contribution in [0.3, 0.4) is 0 Å². The molecule has 2 rings (SSSR count). The summed E-state index contributed by atoms with van der Waals surface area (Å²) in [5.41, 5.74) is 0.933. The maximum atomic E-state index is 13.4. The van der Waals surface area contributed by atoms with E-state index >= 15 is 0 Å². The van der Waals surface area contributed by atoms with Gasteiger partial charge in [-0.15, -0.1) is 0 Å². The van der Waals surface area contributed by atoms with Gasteiger partial charge in [0.2, 0.25) is 10.0 Å². The van der Waals surface area contributed by atoms with E-state index in [1.165, 1.54) is 18.2 Å². The molecule has 2 aromatic rings. The van der Waals surface area contributed by atoms with Gasteiger partial charge in [0.05, 0.1) is 5.75 Å². The molecule has 0 spiro atoms. The quantitative estimate of drug-likeness (QED) is 0.922. The van der Waals surface area contributed by atoms with E-state index in [0.29, 0.717) is 5.02 Å². The predicted octanol–water partition coefficient (Wildman–Crippen LogP) is 3.10. The fourth-order valence-electron chi connectivity index (χ4n) is 1.67. The number of nitrogens with one attached hydrogen (secondary N) is 1. The number of hydrogen-bond donors (Lipinski definition) is 1. The molecular weight excluding hydrogens is 301 g/mol. The van der Waals surface area contributed by atoms with Crippen molar-refractivity contribution in [3.8, 4) is 0 Å². The summed E-state index contributed by atoms with van der Waals surface area (Å²) in [6.45, 7) is 0.147. The molecule has 0 bridgehead atoms. The lowest BCUT2D eigenvalue weighted by atomic mass is 10.2. The Morgan fingerprint density at radius 2 is 1.70 bits per heavy atom. The van der Waals surface area contributed by atoms with E-state index in [-0.39, 0.29) is 17.9 Å². The largest absolute Gasteiger partial charge is 0.216 e. The highest BCUT2D eigenvalue weighted by Crippen LogP contribution is 2.12. The fraction of sp³-hybridized carbons (Fsp3) is 0.143. The summed E-state index contributed by atoms with van der Waals surface area (Å²) in [5, 5.41) is 0.586. The molecule has 0 unspecified atom stereocenters. The molecule has 0 aromatic heterocycles.